The van der Waals surface area contributed by atoms with E-state index in [1.807, 2.05) is 6.92 Å². The summed E-state index contributed by atoms with van der Waals surface area (Å²) in [7, 11) is 0. The molecule has 3 rings (SSSR count). The number of amides is 1. The highest BCUT2D eigenvalue weighted by molar-refractivity contribution is 5.83. The fourth-order valence-corrected chi connectivity index (χ4v) is 2.61. The number of hydrogen-bond acceptors (Lipinski definition) is 4. The molecule has 0 saturated heterocycles. The van der Waals surface area contributed by atoms with Gasteiger partial charge in [-0.1, -0.05) is 18.0 Å². The number of aromatic nitrogens is 2. The van der Waals surface area contributed by atoms with Gasteiger partial charge in [0, 0.05) is 6.04 Å². The molecule has 6 nitrogen and oxygen atoms in total. The molecule has 2 fully saturated rings. The lowest BCUT2D eigenvalue weighted by atomic mass is 10.0. The molecular weight excluding hydrogens is 246 g/mol. The summed E-state index contributed by atoms with van der Waals surface area (Å²) >= 11 is 0. The Balaban J connectivity index is 1.65. The molecule has 1 aromatic heterocycles. The smallest absolute Gasteiger partial charge is 0.353 e. The van der Waals surface area contributed by atoms with Crippen molar-refractivity contribution < 1.29 is 9.32 Å². The predicted molar refractivity (Wildman–Crippen MR) is 67.5 cm³/mol. The second-order valence-corrected chi connectivity index (χ2v) is 5.88. The van der Waals surface area contributed by atoms with Crippen LogP contribution in [0.1, 0.15) is 50.8 Å². The molecule has 6 heteroatoms. The fourth-order valence-electron chi connectivity index (χ4n) is 2.61. The third-order valence-electron chi connectivity index (χ3n) is 3.90. The van der Waals surface area contributed by atoms with Crippen LogP contribution in [0.4, 0.5) is 0 Å². The van der Waals surface area contributed by atoms with Gasteiger partial charge < -0.3 is 5.32 Å². The maximum atomic E-state index is 12.3. The summed E-state index contributed by atoms with van der Waals surface area (Å²) in [5.74, 6) is 0.423. The quantitative estimate of drug-likeness (QED) is 0.808. The molecule has 0 aliphatic heterocycles. The lowest BCUT2D eigenvalue weighted by Gasteiger charge is -2.18. The molecule has 2 aliphatic rings. The van der Waals surface area contributed by atoms with E-state index in [9.17, 15) is 9.59 Å². The van der Waals surface area contributed by atoms with E-state index in [4.69, 9.17) is 0 Å². The van der Waals surface area contributed by atoms with Crippen LogP contribution < -0.4 is 11.1 Å². The van der Waals surface area contributed by atoms with E-state index in [2.05, 4.69) is 20.0 Å². The first-order chi connectivity index (χ1) is 9.13. The maximum absolute atomic E-state index is 12.3. The molecule has 1 unspecified atom stereocenters. The Kier molecular flexibility index (Phi) is 3.16. The van der Waals surface area contributed by atoms with Gasteiger partial charge in [0.15, 0.2) is 5.82 Å². The molecule has 2 N–H and O–H groups in total. The molecule has 2 saturated carbocycles. The second-order valence-electron chi connectivity index (χ2n) is 5.88. The second kappa shape index (κ2) is 4.83. The van der Waals surface area contributed by atoms with E-state index in [0.29, 0.717) is 5.82 Å². The molecule has 0 aromatic carbocycles. The van der Waals surface area contributed by atoms with Crippen molar-refractivity contribution in [3.05, 3.63) is 16.4 Å². The zero-order valence-corrected chi connectivity index (χ0v) is 11.0. The molecule has 104 valence electrons. The number of carbonyl (C=O) groups excluding carboxylic acids is 1. The van der Waals surface area contributed by atoms with E-state index in [1.54, 1.807) is 0 Å². The van der Waals surface area contributed by atoms with Crippen LogP contribution in [-0.2, 0) is 4.79 Å². The molecule has 1 aromatic rings. The lowest BCUT2D eigenvalue weighted by molar-refractivity contribution is -0.123. The molecule has 0 spiro atoms. The average molecular weight is 265 g/mol. The zero-order chi connectivity index (χ0) is 13.4. The van der Waals surface area contributed by atoms with Gasteiger partial charge in [0.05, 0.1) is 0 Å². The van der Waals surface area contributed by atoms with Crippen LogP contribution >= 0.6 is 0 Å². The minimum absolute atomic E-state index is 0.0415. The van der Waals surface area contributed by atoms with E-state index in [1.165, 1.54) is 12.8 Å². The topological polar surface area (TPSA) is 88.0 Å². The van der Waals surface area contributed by atoms with Gasteiger partial charge in [-0.2, -0.15) is 0 Å². The third-order valence-corrected chi connectivity index (χ3v) is 3.90. The largest absolute Gasteiger partial charge is 0.438 e. The summed E-state index contributed by atoms with van der Waals surface area (Å²) in [6.45, 7) is 2.03. The number of nitrogens with zero attached hydrogens (tertiary/aromatic N) is 1. The first-order valence-electron chi connectivity index (χ1n) is 6.99. The zero-order valence-electron chi connectivity index (χ0n) is 11.0. The summed E-state index contributed by atoms with van der Waals surface area (Å²) in [4.78, 5) is 25.9. The molecule has 0 radical (unpaired) electrons. The summed E-state index contributed by atoms with van der Waals surface area (Å²) in [6.07, 6.45) is 5.61. The van der Waals surface area contributed by atoms with Crippen LogP contribution in [0.5, 0.6) is 0 Å². The van der Waals surface area contributed by atoms with Crippen LogP contribution in [0, 0.1) is 11.8 Å². The Bertz CT molecular complexity index is 513. The number of rotatable bonds is 6. The SMILES string of the molecule is C[C@H](CC1CC1)NC(=O)C(c1noc(=O)[nH]1)C1CC1. The third kappa shape index (κ3) is 3.05. The van der Waals surface area contributed by atoms with Crippen LogP contribution in [-0.4, -0.2) is 22.1 Å². The lowest BCUT2D eigenvalue weighted by Crippen LogP contribution is -2.37. The van der Waals surface area contributed by atoms with Gasteiger partial charge in [-0.05, 0) is 38.0 Å². The van der Waals surface area contributed by atoms with Crippen molar-refractivity contribution in [1.29, 1.82) is 0 Å². The highest BCUT2D eigenvalue weighted by Gasteiger charge is 2.40. The minimum atomic E-state index is -0.598. The molecule has 2 atom stereocenters. The summed E-state index contributed by atoms with van der Waals surface area (Å²) in [5, 5.41) is 6.71. The molecule has 19 heavy (non-hydrogen) atoms. The minimum Gasteiger partial charge on any atom is -0.353 e. The maximum Gasteiger partial charge on any atom is 0.438 e. The standard InChI is InChI=1S/C13H19N3O3/c1-7(6-8-2-3-8)14-12(17)10(9-4-5-9)11-15-13(18)19-16-11/h7-10H,2-6H2,1H3,(H,14,17)(H,15,16,18)/t7-,10?/m1/s1. The first-order valence-corrected chi connectivity index (χ1v) is 6.99. The Morgan fingerprint density at radius 2 is 2.21 bits per heavy atom. The number of aromatic amines is 1. The van der Waals surface area contributed by atoms with Gasteiger partial charge in [0.1, 0.15) is 5.92 Å². The van der Waals surface area contributed by atoms with Gasteiger partial charge in [0.2, 0.25) is 5.91 Å². The van der Waals surface area contributed by atoms with Crippen molar-refractivity contribution in [3.8, 4) is 0 Å². The predicted octanol–water partition coefficient (Wildman–Crippen LogP) is 1.16. The van der Waals surface area contributed by atoms with Crippen LogP contribution in [0.2, 0.25) is 0 Å². The van der Waals surface area contributed by atoms with E-state index in [0.717, 1.165) is 25.2 Å². The molecular formula is C13H19N3O3. The average Bonchev–Trinajstić information content (AvgIpc) is 3.23. The number of hydrogen-bond donors (Lipinski definition) is 2. The molecule has 1 heterocycles. The van der Waals surface area contributed by atoms with Gasteiger partial charge in [0.25, 0.3) is 0 Å². The van der Waals surface area contributed by atoms with Crippen molar-refractivity contribution in [1.82, 2.24) is 15.5 Å². The normalized spacial score (nSPS) is 21.9. The van der Waals surface area contributed by atoms with Crippen molar-refractivity contribution >= 4 is 5.91 Å². The number of H-pyrrole nitrogens is 1. The van der Waals surface area contributed by atoms with Crippen LogP contribution in [0.25, 0.3) is 0 Å². The molecule has 2 aliphatic carbocycles. The van der Waals surface area contributed by atoms with Crippen molar-refractivity contribution in [2.24, 2.45) is 11.8 Å². The first kappa shape index (κ1) is 12.4. The Morgan fingerprint density at radius 3 is 2.74 bits per heavy atom. The van der Waals surface area contributed by atoms with Crippen LogP contribution in [0.15, 0.2) is 9.32 Å². The molecule has 0 bridgehead atoms. The fraction of sp³-hybridized carbons (Fsp3) is 0.769. The van der Waals surface area contributed by atoms with Gasteiger partial charge >= 0.3 is 5.76 Å². The summed E-state index contributed by atoms with van der Waals surface area (Å²) < 4.78 is 4.51. The highest BCUT2D eigenvalue weighted by Crippen LogP contribution is 2.41. The number of nitrogens with one attached hydrogen (secondary N) is 2. The van der Waals surface area contributed by atoms with Gasteiger partial charge in [-0.25, -0.2) is 4.79 Å². The Labute approximate surface area is 110 Å². The number of carbonyl (C=O) groups is 1. The van der Waals surface area contributed by atoms with Gasteiger partial charge in [-0.15, -0.1) is 0 Å². The van der Waals surface area contributed by atoms with Crippen LogP contribution in [0.3, 0.4) is 0 Å². The van der Waals surface area contributed by atoms with Crippen molar-refractivity contribution in [2.45, 2.75) is 51.0 Å². The Morgan fingerprint density at radius 1 is 1.47 bits per heavy atom. The van der Waals surface area contributed by atoms with E-state index in [-0.39, 0.29) is 23.8 Å². The van der Waals surface area contributed by atoms with Gasteiger partial charge in [-0.3, -0.25) is 14.3 Å². The summed E-state index contributed by atoms with van der Waals surface area (Å²) in [5.41, 5.74) is 0. The van der Waals surface area contributed by atoms with Crippen molar-refractivity contribution in [3.63, 3.8) is 0 Å². The Hall–Kier alpha value is -1.59. The molecule has 1 amide bonds. The van der Waals surface area contributed by atoms with E-state index >= 15 is 0 Å². The van der Waals surface area contributed by atoms with Crippen molar-refractivity contribution in [2.75, 3.05) is 0 Å². The highest BCUT2D eigenvalue weighted by atomic mass is 16.5. The van der Waals surface area contributed by atoms with E-state index < -0.39 is 5.76 Å². The monoisotopic (exact) mass is 265 g/mol. The summed E-state index contributed by atoms with van der Waals surface area (Å²) in [6, 6.07) is 0.180.